The molecule has 1 N–H and O–H groups in total. The molecule has 0 atom stereocenters. The number of benzene rings is 1. The van der Waals surface area contributed by atoms with E-state index in [2.05, 4.69) is 16.0 Å². The second kappa shape index (κ2) is 9.94. The van der Waals surface area contributed by atoms with Gasteiger partial charge in [0.05, 0.1) is 23.4 Å². The number of carboxylic acids is 1. The fourth-order valence-electron chi connectivity index (χ4n) is 4.55. The molecule has 190 valence electrons. The molecule has 0 spiro atoms. The number of carbonyl (C=O) groups is 1. The first-order valence-corrected chi connectivity index (χ1v) is 14.6. The van der Waals surface area contributed by atoms with Gasteiger partial charge in [0.15, 0.2) is 0 Å². The summed E-state index contributed by atoms with van der Waals surface area (Å²) in [7, 11) is -0.120. The Balaban J connectivity index is 1.38. The number of sulfonamides is 1. The smallest absolute Gasteiger partial charge is 0.317 e. The lowest BCUT2D eigenvalue weighted by molar-refractivity contribution is -0.138. The van der Waals surface area contributed by atoms with Crippen molar-refractivity contribution in [3.63, 3.8) is 0 Å². The number of thiazole rings is 1. The van der Waals surface area contributed by atoms with E-state index in [1.165, 1.54) is 15.6 Å². The van der Waals surface area contributed by atoms with Gasteiger partial charge in [-0.1, -0.05) is 18.2 Å². The summed E-state index contributed by atoms with van der Waals surface area (Å²) in [5.41, 5.74) is 2.38. The molecule has 0 saturated carbocycles. The van der Waals surface area contributed by atoms with E-state index in [0.717, 1.165) is 59.2 Å². The third-order valence-corrected chi connectivity index (χ3v) is 10.6. The van der Waals surface area contributed by atoms with E-state index in [0.29, 0.717) is 9.90 Å². The SMILES string of the molecule is CN(c1cccc2cc(-c3ncc(CN4CCN(CC(=O)O)CC4)s3)n(C)c12)S(=O)(=O)c1cccs1. The van der Waals surface area contributed by atoms with Crippen LogP contribution in [0.3, 0.4) is 0 Å². The lowest BCUT2D eigenvalue weighted by atomic mass is 10.2. The molecule has 1 aliphatic heterocycles. The molecule has 4 aromatic rings. The van der Waals surface area contributed by atoms with E-state index in [1.54, 1.807) is 35.9 Å². The second-order valence-corrected chi connectivity index (χ2v) is 13.0. The number of anilines is 1. The van der Waals surface area contributed by atoms with E-state index in [-0.39, 0.29) is 6.54 Å². The van der Waals surface area contributed by atoms with Gasteiger partial charge >= 0.3 is 5.97 Å². The molecular formula is C24H27N5O4S3. The van der Waals surface area contributed by atoms with Crippen LogP contribution in [0, 0.1) is 0 Å². The number of para-hydroxylation sites is 1. The molecule has 0 aliphatic carbocycles. The van der Waals surface area contributed by atoms with Crippen LogP contribution in [0.15, 0.2) is 52.2 Å². The summed E-state index contributed by atoms with van der Waals surface area (Å²) in [5.74, 6) is -0.788. The highest BCUT2D eigenvalue weighted by Crippen LogP contribution is 2.36. The Morgan fingerprint density at radius 1 is 1.14 bits per heavy atom. The Bertz CT molecular complexity index is 1490. The van der Waals surface area contributed by atoms with Crippen molar-refractivity contribution in [2.45, 2.75) is 10.8 Å². The Morgan fingerprint density at radius 3 is 2.58 bits per heavy atom. The van der Waals surface area contributed by atoms with E-state index < -0.39 is 16.0 Å². The van der Waals surface area contributed by atoms with Crippen LogP contribution in [0.1, 0.15) is 4.88 Å². The van der Waals surface area contributed by atoms with E-state index in [1.807, 2.05) is 40.9 Å². The summed E-state index contributed by atoms with van der Waals surface area (Å²) in [6.07, 6.45) is 1.90. The number of thiophene rings is 1. The highest BCUT2D eigenvalue weighted by Gasteiger charge is 2.26. The van der Waals surface area contributed by atoms with Crippen LogP contribution in [0.2, 0.25) is 0 Å². The van der Waals surface area contributed by atoms with Crippen molar-refractivity contribution in [2.75, 3.05) is 44.1 Å². The molecule has 1 aromatic carbocycles. The Labute approximate surface area is 217 Å². The Hall–Kier alpha value is -2.77. The topological polar surface area (TPSA) is 99.0 Å². The molecule has 0 bridgehead atoms. The average Bonchev–Trinajstić information content (AvgIpc) is 3.60. The molecule has 1 saturated heterocycles. The number of aromatic nitrogens is 2. The zero-order valence-electron chi connectivity index (χ0n) is 20.0. The lowest BCUT2D eigenvalue weighted by Crippen LogP contribution is -2.47. The van der Waals surface area contributed by atoms with Gasteiger partial charge < -0.3 is 9.67 Å². The van der Waals surface area contributed by atoms with Crippen molar-refractivity contribution in [3.05, 3.63) is 52.9 Å². The molecule has 0 unspecified atom stereocenters. The molecule has 1 aliphatic rings. The van der Waals surface area contributed by atoms with Gasteiger partial charge in [0.1, 0.15) is 9.22 Å². The zero-order chi connectivity index (χ0) is 25.4. The fourth-order valence-corrected chi connectivity index (χ4v) is 7.92. The molecule has 12 heteroatoms. The van der Waals surface area contributed by atoms with Crippen molar-refractivity contribution < 1.29 is 18.3 Å². The minimum absolute atomic E-state index is 0.0887. The largest absolute Gasteiger partial charge is 0.480 e. The number of hydrogen-bond acceptors (Lipinski definition) is 8. The number of rotatable bonds is 8. The van der Waals surface area contributed by atoms with Crippen molar-refractivity contribution >= 4 is 55.3 Å². The predicted molar refractivity (Wildman–Crippen MR) is 143 cm³/mol. The summed E-state index contributed by atoms with van der Waals surface area (Å²) < 4.78 is 30.0. The van der Waals surface area contributed by atoms with Gasteiger partial charge in [-0.3, -0.25) is 18.9 Å². The number of hydrogen-bond donors (Lipinski definition) is 1. The molecule has 1 fully saturated rings. The van der Waals surface area contributed by atoms with Crippen molar-refractivity contribution in [2.24, 2.45) is 7.05 Å². The molecule has 3 aromatic heterocycles. The van der Waals surface area contributed by atoms with Crippen molar-refractivity contribution in [1.29, 1.82) is 0 Å². The van der Waals surface area contributed by atoms with Crippen LogP contribution in [-0.4, -0.2) is 78.6 Å². The van der Waals surface area contributed by atoms with Crippen LogP contribution in [0.5, 0.6) is 0 Å². The fraction of sp³-hybridized carbons (Fsp3) is 0.333. The van der Waals surface area contributed by atoms with Gasteiger partial charge in [-0.2, -0.15) is 0 Å². The van der Waals surface area contributed by atoms with Gasteiger partial charge in [-0.15, -0.1) is 22.7 Å². The number of aryl methyl sites for hydroxylation is 1. The first-order chi connectivity index (χ1) is 17.2. The third kappa shape index (κ3) is 4.78. The minimum atomic E-state index is -3.65. The van der Waals surface area contributed by atoms with E-state index >= 15 is 0 Å². The Kier molecular flexibility index (Phi) is 6.88. The van der Waals surface area contributed by atoms with Crippen LogP contribution < -0.4 is 4.31 Å². The van der Waals surface area contributed by atoms with Gasteiger partial charge in [0.25, 0.3) is 10.0 Å². The van der Waals surface area contributed by atoms with Gasteiger partial charge in [-0.25, -0.2) is 13.4 Å². The number of fused-ring (bicyclic) bond motifs is 1. The normalized spacial score (nSPS) is 15.5. The van der Waals surface area contributed by atoms with Crippen LogP contribution >= 0.6 is 22.7 Å². The quantitative estimate of drug-likeness (QED) is 0.362. The summed E-state index contributed by atoms with van der Waals surface area (Å²) in [6, 6.07) is 11.1. The van der Waals surface area contributed by atoms with Crippen LogP contribution in [-0.2, 0) is 28.4 Å². The molecule has 5 rings (SSSR count). The Morgan fingerprint density at radius 2 is 1.89 bits per heavy atom. The van der Waals surface area contributed by atoms with Gasteiger partial charge in [0, 0.05) is 63.3 Å². The summed E-state index contributed by atoms with van der Waals surface area (Å²) >= 11 is 2.83. The minimum Gasteiger partial charge on any atom is -0.480 e. The zero-order valence-corrected chi connectivity index (χ0v) is 22.4. The van der Waals surface area contributed by atoms with Crippen molar-refractivity contribution in [1.82, 2.24) is 19.4 Å². The first kappa shape index (κ1) is 24.9. The first-order valence-electron chi connectivity index (χ1n) is 11.5. The standard InChI is InChI=1S/C24H27N5O4S3/c1-26-20(24-25-14-18(35-24)15-28-8-10-29(11-9-28)16-21(30)31)13-17-5-3-6-19(23(17)26)27(2)36(32,33)22-7-4-12-34-22/h3-7,12-14H,8-11,15-16H2,1-2H3,(H,30,31). The second-order valence-electron chi connectivity index (χ2n) is 8.79. The maximum absolute atomic E-state index is 13.2. The summed E-state index contributed by atoms with van der Waals surface area (Å²) in [6.45, 7) is 3.99. The van der Waals surface area contributed by atoms with Crippen molar-refractivity contribution in [3.8, 4) is 10.7 Å². The van der Waals surface area contributed by atoms with Crippen LogP contribution in [0.4, 0.5) is 5.69 Å². The monoisotopic (exact) mass is 545 g/mol. The molecule has 36 heavy (non-hydrogen) atoms. The number of nitrogens with zero attached hydrogens (tertiary/aromatic N) is 5. The maximum Gasteiger partial charge on any atom is 0.317 e. The molecular weight excluding hydrogens is 518 g/mol. The summed E-state index contributed by atoms with van der Waals surface area (Å²) in [5, 5.41) is 12.6. The molecule has 4 heterocycles. The molecule has 0 radical (unpaired) electrons. The number of piperazine rings is 1. The number of carboxylic acid groups (broad SMARTS) is 1. The van der Waals surface area contributed by atoms with Gasteiger partial charge in [-0.05, 0) is 23.6 Å². The van der Waals surface area contributed by atoms with Gasteiger partial charge in [0.2, 0.25) is 0 Å². The third-order valence-electron chi connectivity index (χ3n) is 6.46. The van der Waals surface area contributed by atoms with E-state index in [9.17, 15) is 13.2 Å². The molecule has 9 nitrogen and oxygen atoms in total. The lowest BCUT2D eigenvalue weighted by Gasteiger charge is -2.33. The molecule has 0 amide bonds. The maximum atomic E-state index is 13.2. The highest BCUT2D eigenvalue weighted by atomic mass is 32.2. The number of aliphatic carboxylic acids is 1. The highest BCUT2D eigenvalue weighted by molar-refractivity contribution is 7.94. The summed E-state index contributed by atoms with van der Waals surface area (Å²) in [4.78, 5) is 21.0. The average molecular weight is 546 g/mol. The predicted octanol–water partition coefficient (Wildman–Crippen LogP) is 3.39. The van der Waals surface area contributed by atoms with E-state index in [4.69, 9.17) is 5.11 Å². The van der Waals surface area contributed by atoms with Crippen LogP contribution in [0.25, 0.3) is 21.6 Å².